The maximum atomic E-state index is 12.5. The van der Waals surface area contributed by atoms with Gasteiger partial charge in [-0.1, -0.05) is 194 Å². The highest BCUT2D eigenvalue weighted by Crippen LogP contribution is 2.14. The molecule has 290 valence electrons. The fourth-order valence-electron chi connectivity index (χ4n) is 6.37. The number of unbranched alkanes of at least 4 members (excludes halogenated alkanes) is 28. The summed E-state index contributed by atoms with van der Waals surface area (Å²) in [6.45, 7) is 8.08. The quantitative estimate of drug-likeness (QED) is 0.0418. The molecule has 0 spiro atoms. The maximum absolute atomic E-state index is 12.5. The lowest BCUT2D eigenvalue weighted by Gasteiger charge is -2.19. The topological polar surface area (TPSA) is 111 Å². The summed E-state index contributed by atoms with van der Waals surface area (Å²) in [4.78, 5) is 37.3. The van der Waals surface area contributed by atoms with Gasteiger partial charge < -0.3 is 26.6 Å². The van der Waals surface area contributed by atoms with Gasteiger partial charge in [0.05, 0.1) is 0 Å². The van der Waals surface area contributed by atoms with Gasteiger partial charge in [0.2, 0.25) is 5.91 Å². The third-order valence-corrected chi connectivity index (χ3v) is 9.57. The third-order valence-electron chi connectivity index (χ3n) is 9.57. The summed E-state index contributed by atoms with van der Waals surface area (Å²) in [6.07, 6.45) is 39.3. The molecule has 0 fully saturated rings. The van der Waals surface area contributed by atoms with Crippen molar-refractivity contribution in [3.8, 4) is 0 Å². The number of urea groups is 2. The van der Waals surface area contributed by atoms with Gasteiger partial charge in [0.15, 0.2) is 0 Å². The number of carbonyl (C=O) groups excluding carboxylic acids is 3. The molecular weight excluding hydrogens is 610 g/mol. The molecule has 0 bridgehead atoms. The summed E-state index contributed by atoms with van der Waals surface area (Å²) in [7, 11) is 0. The zero-order chi connectivity index (χ0) is 35.9. The fourth-order valence-corrected chi connectivity index (χ4v) is 6.37. The van der Waals surface area contributed by atoms with Gasteiger partial charge in [-0.25, -0.2) is 9.59 Å². The van der Waals surface area contributed by atoms with Gasteiger partial charge >= 0.3 is 12.1 Å². The van der Waals surface area contributed by atoms with Crippen molar-refractivity contribution in [3.05, 3.63) is 0 Å². The Morgan fingerprint density at radius 1 is 0.367 bits per heavy atom. The Balaban J connectivity index is 3.78. The Morgan fingerprint density at radius 3 is 1.00 bits per heavy atom. The number of nitrogens with one attached hydrogen (secondary N) is 5. The zero-order valence-corrected chi connectivity index (χ0v) is 32.8. The lowest BCUT2D eigenvalue weighted by atomic mass is 10.0. The second-order valence-electron chi connectivity index (χ2n) is 14.4. The van der Waals surface area contributed by atoms with E-state index >= 15 is 0 Å². The van der Waals surface area contributed by atoms with Crippen molar-refractivity contribution in [3.63, 3.8) is 0 Å². The first-order valence-electron chi connectivity index (χ1n) is 21.4. The van der Waals surface area contributed by atoms with Crippen LogP contribution in [-0.4, -0.2) is 50.2 Å². The summed E-state index contributed by atoms with van der Waals surface area (Å²) in [5.41, 5.74) is 0. The highest BCUT2D eigenvalue weighted by Gasteiger charge is 2.20. The fraction of sp³-hybridized carbons (Fsp3) is 0.927. The lowest BCUT2D eigenvalue weighted by Crippen LogP contribution is -2.55. The molecular formula is C41H83N5O3. The van der Waals surface area contributed by atoms with Crippen LogP contribution < -0.4 is 26.6 Å². The van der Waals surface area contributed by atoms with E-state index in [0.29, 0.717) is 19.6 Å². The van der Waals surface area contributed by atoms with E-state index in [4.69, 9.17) is 0 Å². The average Bonchev–Trinajstić information content (AvgIpc) is 3.09. The van der Waals surface area contributed by atoms with E-state index in [0.717, 1.165) is 25.7 Å². The van der Waals surface area contributed by atoms with E-state index in [9.17, 15) is 14.4 Å². The Kier molecular flexibility index (Phi) is 37.2. The molecule has 0 aromatic heterocycles. The molecule has 0 aliphatic heterocycles. The molecule has 5 amide bonds. The summed E-state index contributed by atoms with van der Waals surface area (Å²) >= 11 is 0. The average molecular weight is 694 g/mol. The van der Waals surface area contributed by atoms with Crippen LogP contribution in [0.25, 0.3) is 0 Å². The van der Waals surface area contributed by atoms with Crippen LogP contribution in [0.5, 0.6) is 0 Å². The molecule has 8 heteroatoms. The van der Waals surface area contributed by atoms with Gasteiger partial charge in [0, 0.05) is 26.2 Å². The van der Waals surface area contributed by atoms with Gasteiger partial charge in [-0.05, 0) is 19.8 Å². The monoisotopic (exact) mass is 694 g/mol. The second-order valence-corrected chi connectivity index (χ2v) is 14.4. The van der Waals surface area contributed by atoms with Crippen LogP contribution in [0, 0.1) is 0 Å². The minimum Gasteiger partial charge on any atom is -0.355 e. The highest BCUT2D eigenvalue weighted by atomic mass is 16.2. The molecule has 5 N–H and O–H groups in total. The second kappa shape index (κ2) is 38.8. The molecule has 0 aromatic rings. The van der Waals surface area contributed by atoms with Crippen molar-refractivity contribution >= 4 is 18.0 Å². The van der Waals surface area contributed by atoms with E-state index in [1.165, 1.54) is 167 Å². The van der Waals surface area contributed by atoms with Crippen LogP contribution >= 0.6 is 0 Å². The number of hydrogen-bond acceptors (Lipinski definition) is 3. The first-order chi connectivity index (χ1) is 24.0. The largest absolute Gasteiger partial charge is 0.355 e. The van der Waals surface area contributed by atoms with Crippen LogP contribution in [0.1, 0.15) is 213 Å². The number of carbonyl (C=O) groups is 3. The molecule has 49 heavy (non-hydrogen) atoms. The van der Waals surface area contributed by atoms with Crippen LogP contribution in [0.4, 0.5) is 9.59 Å². The zero-order valence-electron chi connectivity index (χ0n) is 32.8. The van der Waals surface area contributed by atoms with E-state index in [2.05, 4.69) is 40.4 Å². The number of likely N-dealkylation sites (N-methyl/N-ethyl adjacent to an activating group) is 1. The Morgan fingerprint density at radius 2 is 0.673 bits per heavy atom. The molecule has 0 aliphatic rings. The summed E-state index contributed by atoms with van der Waals surface area (Å²) in [5, 5.41) is 14.0. The molecule has 0 rings (SSSR count). The SMILES string of the molecule is CCCCCCCCCCCCCCCCCCNC(=O)NC(CNC(=O)NCCCCCCCCCCCCCCCC)C(=O)NCC. The predicted octanol–water partition coefficient (Wildman–Crippen LogP) is 10.8. The van der Waals surface area contributed by atoms with Crippen molar-refractivity contribution < 1.29 is 14.4 Å². The molecule has 0 saturated heterocycles. The molecule has 0 radical (unpaired) electrons. The minimum atomic E-state index is -0.822. The van der Waals surface area contributed by atoms with Crippen molar-refractivity contribution in [2.24, 2.45) is 0 Å². The summed E-state index contributed by atoms with van der Waals surface area (Å²) in [6, 6.07) is -1.50. The standard InChI is InChI=1S/C41H83N5O3/c1-4-7-9-11-13-15-17-19-21-22-24-26-28-30-32-34-36-44-41(49)46-38(39(47)42-6-3)37-45-40(48)43-35-33-31-29-27-25-23-20-18-16-14-12-10-8-5-2/h38H,4-37H2,1-3H3,(H,42,47)(H2,43,45,48)(H2,44,46,49). The first-order valence-corrected chi connectivity index (χ1v) is 21.4. The van der Waals surface area contributed by atoms with Crippen LogP contribution in [0.2, 0.25) is 0 Å². The van der Waals surface area contributed by atoms with Crippen LogP contribution in [0.15, 0.2) is 0 Å². The van der Waals surface area contributed by atoms with Gasteiger partial charge in [-0.15, -0.1) is 0 Å². The van der Waals surface area contributed by atoms with Gasteiger partial charge in [-0.3, -0.25) is 4.79 Å². The van der Waals surface area contributed by atoms with Gasteiger partial charge in [-0.2, -0.15) is 0 Å². The Bertz CT molecular complexity index is 736. The number of hydrogen-bond donors (Lipinski definition) is 5. The Labute approximate surface area is 304 Å². The Hall–Kier alpha value is -1.99. The van der Waals surface area contributed by atoms with E-state index in [-0.39, 0.29) is 24.5 Å². The lowest BCUT2D eigenvalue weighted by molar-refractivity contribution is -0.122. The molecule has 0 aromatic carbocycles. The molecule has 8 nitrogen and oxygen atoms in total. The predicted molar refractivity (Wildman–Crippen MR) is 210 cm³/mol. The van der Waals surface area contributed by atoms with E-state index in [1.54, 1.807) is 0 Å². The molecule has 1 atom stereocenters. The van der Waals surface area contributed by atoms with Crippen molar-refractivity contribution in [2.75, 3.05) is 26.2 Å². The maximum Gasteiger partial charge on any atom is 0.315 e. The van der Waals surface area contributed by atoms with Gasteiger partial charge in [0.1, 0.15) is 6.04 Å². The van der Waals surface area contributed by atoms with E-state index < -0.39 is 6.04 Å². The molecule has 0 saturated carbocycles. The smallest absolute Gasteiger partial charge is 0.315 e. The summed E-state index contributed by atoms with van der Waals surface area (Å²) < 4.78 is 0. The van der Waals surface area contributed by atoms with Gasteiger partial charge in [0.25, 0.3) is 0 Å². The first kappa shape index (κ1) is 47.0. The number of rotatable bonds is 37. The minimum absolute atomic E-state index is 0.0445. The molecule has 0 aliphatic carbocycles. The van der Waals surface area contributed by atoms with Crippen LogP contribution in [-0.2, 0) is 4.79 Å². The third kappa shape index (κ3) is 35.6. The van der Waals surface area contributed by atoms with Crippen LogP contribution in [0.3, 0.4) is 0 Å². The van der Waals surface area contributed by atoms with Crippen molar-refractivity contribution in [2.45, 2.75) is 219 Å². The number of amides is 5. The van der Waals surface area contributed by atoms with Crippen molar-refractivity contribution in [1.29, 1.82) is 0 Å². The highest BCUT2D eigenvalue weighted by molar-refractivity contribution is 5.87. The molecule has 0 heterocycles. The summed E-state index contributed by atoms with van der Waals surface area (Å²) in [5.74, 6) is -0.299. The normalized spacial score (nSPS) is 11.7. The van der Waals surface area contributed by atoms with Crippen molar-refractivity contribution in [1.82, 2.24) is 26.6 Å². The van der Waals surface area contributed by atoms with E-state index in [1.807, 2.05) is 6.92 Å². The molecule has 1 unspecified atom stereocenters.